The van der Waals surface area contributed by atoms with Crippen molar-refractivity contribution < 1.29 is 0 Å². The highest BCUT2D eigenvalue weighted by Gasteiger charge is 2.22. The number of nitrogens with two attached hydrogens (primary N) is 1. The van der Waals surface area contributed by atoms with Gasteiger partial charge in [-0.25, -0.2) is 4.98 Å². The van der Waals surface area contributed by atoms with Crippen LogP contribution >= 0.6 is 0 Å². The summed E-state index contributed by atoms with van der Waals surface area (Å²) in [6, 6.07) is 10.3. The van der Waals surface area contributed by atoms with E-state index in [1.807, 2.05) is 36.7 Å². The van der Waals surface area contributed by atoms with E-state index < -0.39 is 0 Å². The highest BCUT2D eigenvalue weighted by atomic mass is 15.2. The van der Waals surface area contributed by atoms with Crippen LogP contribution < -0.4 is 10.6 Å². The highest BCUT2D eigenvalue weighted by molar-refractivity contribution is 5.93. The van der Waals surface area contributed by atoms with Crippen LogP contribution in [0.3, 0.4) is 0 Å². The van der Waals surface area contributed by atoms with Crippen LogP contribution in [0.4, 0.5) is 5.82 Å². The van der Waals surface area contributed by atoms with Crippen molar-refractivity contribution in [2.45, 2.75) is 19.4 Å². The third-order valence-corrected chi connectivity index (χ3v) is 5.24. The smallest absolute Gasteiger partial charge is 0.132 e. The minimum Gasteiger partial charge on any atom is -0.355 e. The van der Waals surface area contributed by atoms with Crippen molar-refractivity contribution in [3.05, 3.63) is 54.5 Å². The Morgan fingerprint density at radius 1 is 1.18 bits per heavy atom. The van der Waals surface area contributed by atoms with Crippen LogP contribution in [0.15, 0.2) is 48.9 Å². The summed E-state index contributed by atoms with van der Waals surface area (Å²) in [5.41, 5.74) is 11.6. The summed E-state index contributed by atoms with van der Waals surface area (Å²) in [4.78, 5) is 15.9. The zero-order valence-electron chi connectivity index (χ0n) is 15.6. The van der Waals surface area contributed by atoms with E-state index in [2.05, 4.69) is 38.1 Å². The first-order valence-corrected chi connectivity index (χ1v) is 9.42. The van der Waals surface area contributed by atoms with Crippen molar-refractivity contribution in [3.8, 4) is 22.6 Å². The Bertz CT molecular complexity index is 1140. The van der Waals surface area contributed by atoms with Gasteiger partial charge in [0, 0.05) is 42.5 Å². The molecule has 1 aliphatic rings. The first-order valence-electron chi connectivity index (χ1n) is 9.42. The van der Waals surface area contributed by atoms with Gasteiger partial charge < -0.3 is 10.6 Å². The lowest BCUT2D eigenvalue weighted by Gasteiger charge is -2.19. The van der Waals surface area contributed by atoms with Crippen molar-refractivity contribution in [3.63, 3.8) is 0 Å². The van der Waals surface area contributed by atoms with Gasteiger partial charge in [-0.15, -0.1) is 0 Å². The zero-order chi connectivity index (χ0) is 19.1. The summed E-state index contributed by atoms with van der Waals surface area (Å²) in [5.74, 6) is 0.989. The first kappa shape index (κ1) is 16.8. The minimum atomic E-state index is 0.212. The molecule has 0 radical (unpaired) electrons. The lowest BCUT2D eigenvalue weighted by atomic mass is 10.1. The van der Waals surface area contributed by atoms with Crippen LogP contribution in [0, 0.1) is 6.92 Å². The molecule has 1 saturated heterocycles. The molecule has 7 heteroatoms. The molecule has 1 aliphatic heterocycles. The number of nitrogens with zero attached hydrogens (tertiary/aromatic N) is 5. The van der Waals surface area contributed by atoms with Crippen molar-refractivity contribution >= 4 is 16.7 Å². The number of aromatic nitrogens is 5. The van der Waals surface area contributed by atoms with Gasteiger partial charge in [0.05, 0.1) is 23.1 Å². The molecule has 0 aliphatic carbocycles. The Morgan fingerprint density at radius 2 is 2.11 bits per heavy atom. The van der Waals surface area contributed by atoms with Crippen molar-refractivity contribution in [1.29, 1.82) is 0 Å². The molecule has 5 heterocycles. The van der Waals surface area contributed by atoms with Crippen molar-refractivity contribution in [2.24, 2.45) is 5.73 Å². The molecule has 5 rings (SSSR count). The van der Waals surface area contributed by atoms with Crippen LogP contribution in [-0.4, -0.2) is 44.3 Å². The number of aryl methyl sites for hydroxylation is 1. The molecule has 0 saturated carbocycles. The fourth-order valence-electron chi connectivity index (χ4n) is 3.73. The summed E-state index contributed by atoms with van der Waals surface area (Å²) < 4.78 is 0. The minimum absolute atomic E-state index is 0.212. The molecule has 28 heavy (non-hydrogen) atoms. The lowest BCUT2D eigenvalue weighted by Crippen LogP contribution is -2.27. The van der Waals surface area contributed by atoms with Gasteiger partial charge in [0.15, 0.2) is 0 Å². The number of pyridine rings is 3. The number of hydrogen-bond acceptors (Lipinski definition) is 6. The van der Waals surface area contributed by atoms with E-state index in [9.17, 15) is 0 Å². The van der Waals surface area contributed by atoms with Gasteiger partial charge in [-0.3, -0.25) is 15.1 Å². The van der Waals surface area contributed by atoms with Gasteiger partial charge in [0.2, 0.25) is 0 Å². The molecular weight excluding hydrogens is 350 g/mol. The second-order valence-corrected chi connectivity index (χ2v) is 7.26. The van der Waals surface area contributed by atoms with E-state index in [4.69, 9.17) is 10.7 Å². The lowest BCUT2D eigenvalue weighted by molar-refractivity contribution is 0.751. The van der Waals surface area contributed by atoms with Crippen LogP contribution in [0.1, 0.15) is 12.0 Å². The quantitative estimate of drug-likeness (QED) is 0.575. The Balaban J connectivity index is 1.59. The number of hydrogen-bond donors (Lipinski definition) is 2. The Labute approximate surface area is 162 Å². The summed E-state index contributed by atoms with van der Waals surface area (Å²) in [5, 5.41) is 8.60. The standard InChI is InChI=1S/C21H21N7/c1-13-4-5-17(25-21(13)28-8-6-15(22)12-28)20-16-9-18(14-3-2-7-23-10-14)24-11-19(16)26-27-20/h2-5,7,9-11,15H,6,8,12,22H2,1H3,(H,26,27)/t15-/m0/s1. The maximum absolute atomic E-state index is 6.09. The number of nitrogens with one attached hydrogen (secondary N) is 1. The third kappa shape index (κ3) is 2.90. The average molecular weight is 371 g/mol. The molecule has 1 atom stereocenters. The van der Waals surface area contributed by atoms with E-state index in [0.29, 0.717) is 0 Å². The molecule has 4 aromatic rings. The maximum atomic E-state index is 6.09. The Morgan fingerprint density at radius 3 is 2.89 bits per heavy atom. The van der Waals surface area contributed by atoms with Gasteiger partial charge >= 0.3 is 0 Å². The highest BCUT2D eigenvalue weighted by Crippen LogP contribution is 2.30. The van der Waals surface area contributed by atoms with E-state index in [1.54, 1.807) is 6.20 Å². The summed E-state index contributed by atoms with van der Waals surface area (Å²) in [7, 11) is 0. The summed E-state index contributed by atoms with van der Waals surface area (Å²) in [6.07, 6.45) is 6.37. The second-order valence-electron chi connectivity index (χ2n) is 7.26. The Hall–Kier alpha value is -3.32. The summed E-state index contributed by atoms with van der Waals surface area (Å²) in [6.45, 7) is 3.87. The number of H-pyrrole nitrogens is 1. The van der Waals surface area contributed by atoms with Crippen LogP contribution in [0.2, 0.25) is 0 Å². The van der Waals surface area contributed by atoms with E-state index in [0.717, 1.165) is 64.4 Å². The van der Waals surface area contributed by atoms with E-state index in [-0.39, 0.29) is 6.04 Å². The number of fused-ring (bicyclic) bond motifs is 1. The fraction of sp³-hybridized carbons (Fsp3) is 0.238. The molecule has 7 nitrogen and oxygen atoms in total. The first-order chi connectivity index (χ1) is 13.7. The number of rotatable bonds is 3. The van der Waals surface area contributed by atoms with Crippen LogP contribution in [0.25, 0.3) is 33.5 Å². The largest absolute Gasteiger partial charge is 0.355 e. The normalized spacial score (nSPS) is 16.8. The van der Waals surface area contributed by atoms with Gasteiger partial charge in [0.1, 0.15) is 11.5 Å². The van der Waals surface area contributed by atoms with Gasteiger partial charge in [-0.1, -0.05) is 6.07 Å². The summed E-state index contributed by atoms with van der Waals surface area (Å²) >= 11 is 0. The monoisotopic (exact) mass is 371 g/mol. The van der Waals surface area contributed by atoms with Crippen molar-refractivity contribution in [2.75, 3.05) is 18.0 Å². The molecule has 0 unspecified atom stereocenters. The molecule has 0 spiro atoms. The Kier molecular flexibility index (Phi) is 4.02. The van der Waals surface area contributed by atoms with Gasteiger partial charge in [-0.2, -0.15) is 5.10 Å². The second kappa shape index (κ2) is 6.69. The number of anilines is 1. The van der Waals surface area contributed by atoms with Crippen molar-refractivity contribution in [1.82, 2.24) is 25.1 Å². The van der Waals surface area contributed by atoms with E-state index >= 15 is 0 Å². The molecule has 140 valence electrons. The third-order valence-electron chi connectivity index (χ3n) is 5.24. The molecule has 4 aromatic heterocycles. The molecule has 1 fully saturated rings. The van der Waals surface area contributed by atoms with Crippen LogP contribution in [0.5, 0.6) is 0 Å². The SMILES string of the molecule is Cc1ccc(-c2n[nH]c3cnc(-c4cccnc4)cc23)nc1N1CC[C@H](N)C1. The average Bonchev–Trinajstić information content (AvgIpc) is 3.35. The topological polar surface area (TPSA) is 96.6 Å². The molecule has 0 amide bonds. The molecule has 3 N–H and O–H groups in total. The van der Waals surface area contributed by atoms with Gasteiger partial charge in [-0.05, 0) is 43.2 Å². The molecule has 0 aromatic carbocycles. The predicted octanol–water partition coefficient (Wildman–Crippen LogP) is 2.93. The molecular formula is C21H21N7. The maximum Gasteiger partial charge on any atom is 0.132 e. The van der Waals surface area contributed by atoms with E-state index in [1.165, 1.54) is 0 Å². The predicted molar refractivity (Wildman–Crippen MR) is 110 cm³/mol. The zero-order valence-corrected chi connectivity index (χ0v) is 15.6. The number of aromatic amines is 1. The fourth-order valence-corrected chi connectivity index (χ4v) is 3.73. The van der Waals surface area contributed by atoms with Crippen LogP contribution in [-0.2, 0) is 0 Å². The molecule has 0 bridgehead atoms. The van der Waals surface area contributed by atoms with Gasteiger partial charge in [0.25, 0.3) is 0 Å².